The minimum absolute atomic E-state index is 0.149. The second kappa shape index (κ2) is 4.48. The molecule has 1 aromatic carbocycles. The molecular weight excluding hydrogens is 214 g/mol. The Kier molecular flexibility index (Phi) is 3.52. The van der Waals surface area contributed by atoms with E-state index in [2.05, 4.69) is 0 Å². The van der Waals surface area contributed by atoms with Gasteiger partial charge < -0.3 is 10.5 Å². The van der Waals surface area contributed by atoms with Crippen molar-refractivity contribution in [3.05, 3.63) is 30.1 Å². The monoisotopic (exact) mass is 223 g/mol. The van der Waals surface area contributed by atoms with Crippen LogP contribution in [0, 0.1) is 5.82 Å². The molecule has 1 rings (SSSR count). The average Bonchev–Trinajstić information content (AvgIpc) is 2.15. The smallest absolute Gasteiger partial charge is 0.406 e. The van der Waals surface area contributed by atoms with Gasteiger partial charge in [0.1, 0.15) is 24.2 Å². The van der Waals surface area contributed by atoms with E-state index >= 15 is 0 Å². The van der Waals surface area contributed by atoms with Crippen LogP contribution in [0.4, 0.5) is 17.6 Å². The van der Waals surface area contributed by atoms with Crippen LogP contribution in [0.3, 0.4) is 0 Å². The van der Waals surface area contributed by atoms with Crippen LogP contribution >= 0.6 is 0 Å². The predicted molar refractivity (Wildman–Crippen MR) is 45.9 cm³/mol. The predicted octanol–water partition coefficient (Wildman–Crippen LogP) is 2.09. The van der Waals surface area contributed by atoms with Crippen LogP contribution in [-0.2, 0) is 0 Å². The molecule has 0 saturated carbocycles. The molecule has 1 aromatic rings. The van der Waals surface area contributed by atoms with E-state index in [1.165, 1.54) is 12.1 Å². The van der Waals surface area contributed by atoms with E-state index in [9.17, 15) is 17.6 Å². The summed E-state index contributed by atoms with van der Waals surface area (Å²) in [6.07, 6.45) is -4.49. The quantitative estimate of drug-likeness (QED) is 0.796. The Bertz CT molecular complexity index is 309. The van der Waals surface area contributed by atoms with Crippen LogP contribution in [0.25, 0.3) is 0 Å². The van der Waals surface area contributed by atoms with Gasteiger partial charge in [0.2, 0.25) is 0 Å². The lowest BCUT2D eigenvalue weighted by Gasteiger charge is -2.15. The Morgan fingerprint density at radius 3 is 2.20 bits per heavy atom. The lowest BCUT2D eigenvalue weighted by atomic mass is 10.3. The van der Waals surface area contributed by atoms with Crippen molar-refractivity contribution in [3.8, 4) is 5.75 Å². The van der Waals surface area contributed by atoms with Gasteiger partial charge in [-0.25, -0.2) is 4.39 Å². The summed E-state index contributed by atoms with van der Waals surface area (Å²) < 4.78 is 53.0. The summed E-state index contributed by atoms with van der Waals surface area (Å²) in [4.78, 5) is 0. The number of ether oxygens (including phenoxy) is 1. The van der Waals surface area contributed by atoms with Crippen molar-refractivity contribution in [2.75, 3.05) is 6.61 Å². The maximum Gasteiger partial charge on any atom is 0.406 e. The highest BCUT2D eigenvalue weighted by Crippen LogP contribution is 2.19. The number of benzene rings is 1. The molecular formula is C9H9F4NO. The van der Waals surface area contributed by atoms with E-state index in [0.29, 0.717) is 0 Å². The van der Waals surface area contributed by atoms with Crippen molar-refractivity contribution >= 4 is 0 Å². The van der Waals surface area contributed by atoms with Crippen LogP contribution in [0.5, 0.6) is 5.75 Å². The second-order valence-corrected chi connectivity index (χ2v) is 2.91. The van der Waals surface area contributed by atoms with Crippen LogP contribution < -0.4 is 10.5 Å². The van der Waals surface area contributed by atoms with Crippen LogP contribution in [-0.4, -0.2) is 18.8 Å². The van der Waals surface area contributed by atoms with Gasteiger partial charge in [0.15, 0.2) is 0 Å². The first-order valence-corrected chi connectivity index (χ1v) is 4.10. The SMILES string of the molecule is NC(COc1ccc(F)cc1)C(F)(F)F. The molecule has 1 atom stereocenters. The number of rotatable bonds is 3. The van der Waals surface area contributed by atoms with Gasteiger partial charge in [-0.15, -0.1) is 0 Å². The normalized spacial score (nSPS) is 13.7. The Hall–Kier alpha value is -1.30. The third kappa shape index (κ3) is 3.75. The van der Waals surface area contributed by atoms with E-state index < -0.39 is 24.6 Å². The van der Waals surface area contributed by atoms with Crippen LogP contribution in [0.15, 0.2) is 24.3 Å². The number of halogens is 4. The van der Waals surface area contributed by atoms with E-state index in [1.807, 2.05) is 0 Å². The molecule has 15 heavy (non-hydrogen) atoms. The Morgan fingerprint density at radius 1 is 1.20 bits per heavy atom. The first-order chi connectivity index (χ1) is 6.89. The lowest BCUT2D eigenvalue weighted by Crippen LogP contribution is -2.42. The summed E-state index contributed by atoms with van der Waals surface area (Å²) in [5, 5.41) is 0. The number of hydrogen-bond acceptors (Lipinski definition) is 2. The van der Waals surface area contributed by atoms with Crippen molar-refractivity contribution < 1.29 is 22.3 Å². The first kappa shape index (κ1) is 11.8. The zero-order valence-corrected chi connectivity index (χ0v) is 7.59. The van der Waals surface area contributed by atoms with Gasteiger partial charge in [-0.3, -0.25) is 0 Å². The fraction of sp³-hybridized carbons (Fsp3) is 0.333. The van der Waals surface area contributed by atoms with Gasteiger partial charge in [-0.1, -0.05) is 0 Å². The second-order valence-electron chi connectivity index (χ2n) is 2.91. The molecule has 2 N–H and O–H groups in total. The fourth-order valence-electron chi connectivity index (χ4n) is 0.811. The largest absolute Gasteiger partial charge is 0.492 e. The molecule has 0 aliphatic carbocycles. The molecule has 0 spiro atoms. The minimum atomic E-state index is -4.49. The van der Waals surface area contributed by atoms with Crippen molar-refractivity contribution in [1.29, 1.82) is 0 Å². The molecule has 84 valence electrons. The van der Waals surface area contributed by atoms with Gasteiger partial charge >= 0.3 is 6.18 Å². The van der Waals surface area contributed by atoms with E-state index in [0.717, 1.165) is 12.1 Å². The van der Waals surface area contributed by atoms with Gasteiger partial charge in [0.25, 0.3) is 0 Å². The molecule has 1 unspecified atom stereocenters. The Morgan fingerprint density at radius 2 is 1.73 bits per heavy atom. The number of hydrogen-bond donors (Lipinski definition) is 1. The number of nitrogens with two attached hydrogens (primary N) is 1. The molecule has 2 nitrogen and oxygen atoms in total. The van der Waals surface area contributed by atoms with Gasteiger partial charge in [0, 0.05) is 0 Å². The fourth-order valence-corrected chi connectivity index (χ4v) is 0.811. The average molecular weight is 223 g/mol. The summed E-state index contributed by atoms with van der Waals surface area (Å²) >= 11 is 0. The summed E-state index contributed by atoms with van der Waals surface area (Å²) in [5.41, 5.74) is 4.80. The Labute approximate surface area is 83.6 Å². The highest BCUT2D eigenvalue weighted by Gasteiger charge is 2.37. The van der Waals surface area contributed by atoms with Crippen molar-refractivity contribution in [1.82, 2.24) is 0 Å². The highest BCUT2D eigenvalue weighted by molar-refractivity contribution is 5.22. The molecule has 0 saturated heterocycles. The molecule has 0 bridgehead atoms. The third-order valence-electron chi connectivity index (χ3n) is 1.66. The van der Waals surface area contributed by atoms with E-state index in [4.69, 9.17) is 10.5 Å². The molecule has 0 aromatic heterocycles. The van der Waals surface area contributed by atoms with Crippen molar-refractivity contribution in [2.45, 2.75) is 12.2 Å². The van der Waals surface area contributed by atoms with Crippen LogP contribution in [0.1, 0.15) is 0 Å². The standard InChI is InChI=1S/C9H9F4NO/c10-6-1-3-7(4-2-6)15-5-8(14)9(11,12)13/h1-4,8H,5,14H2. The lowest BCUT2D eigenvalue weighted by molar-refractivity contribution is -0.153. The molecule has 6 heteroatoms. The van der Waals surface area contributed by atoms with Gasteiger partial charge in [-0.05, 0) is 24.3 Å². The molecule has 0 amide bonds. The molecule has 0 aliphatic heterocycles. The summed E-state index contributed by atoms with van der Waals surface area (Å²) in [6, 6.07) is 2.61. The maximum absolute atomic E-state index is 12.4. The van der Waals surface area contributed by atoms with Gasteiger partial charge in [0.05, 0.1) is 0 Å². The molecule has 0 aliphatic rings. The van der Waals surface area contributed by atoms with Crippen molar-refractivity contribution in [3.63, 3.8) is 0 Å². The van der Waals surface area contributed by atoms with E-state index in [1.54, 1.807) is 0 Å². The summed E-state index contributed by atoms with van der Waals surface area (Å²) in [6.45, 7) is -0.685. The van der Waals surface area contributed by atoms with E-state index in [-0.39, 0.29) is 5.75 Å². The minimum Gasteiger partial charge on any atom is -0.492 e. The summed E-state index contributed by atoms with van der Waals surface area (Å²) in [7, 11) is 0. The molecule has 0 radical (unpaired) electrons. The van der Waals surface area contributed by atoms with Crippen LogP contribution in [0.2, 0.25) is 0 Å². The first-order valence-electron chi connectivity index (χ1n) is 4.10. The van der Waals surface area contributed by atoms with Crippen molar-refractivity contribution in [2.24, 2.45) is 5.73 Å². The maximum atomic E-state index is 12.4. The topological polar surface area (TPSA) is 35.2 Å². The number of alkyl halides is 3. The molecule has 0 heterocycles. The summed E-state index contributed by atoms with van der Waals surface area (Å²) in [5.74, 6) is -0.335. The zero-order chi connectivity index (χ0) is 11.5. The van der Waals surface area contributed by atoms with Gasteiger partial charge in [-0.2, -0.15) is 13.2 Å². The highest BCUT2D eigenvalue weighted by atomic mass is 19.4. The Balaban J connectivity index is 2.47. The molecule has 0 fully saturated rings. The zero-order valence-electron chi connectivity index (χ0n) is 7.59. The third-order valence-corrected chi connectivity index (χ3v) is 1.66.